The topological polar surface area (TPSA) is 163 Å². The summed E-state index contributed by atoms with van der Waals surface area (Å²) in [5.41, 5.74) is 7.77. The van der Waals surface area contributed by atoms with E-state index in [1.165, 1.54) is 23.3 Å². The lowest BCUT2D eigenvalue weighted by Crippen LogP contribution is -2.58. The highest BCUT2D eigenvalue weighted by Gasteiger charge is 2.49. The fourth-order valence-electron chi connectivity index (χ4n) is 11.1. The molecule has 6 aromatic rings. The molecule has 2 aliphatic heterocycles. The number of aromatic nitrogens is 4. The van der Waals surface area contributed by atoms with Gasteiger partial charge in [-0.15, -0.1) is 11.3 Å². The van der Waals surface area contributed by atoms with Gasteiger partial charge in [-0.1, -0.05) is 76.9 Å². The molecule has 3 aromatic carbocycles. The van der Waals surface area contributed by atoms with Crippen LogP contribution in [0, 0.1) is 17.8 Å². The van der Waals surface area contributed by atoms with Crippen molar-refractivity contribution in [2.24, 2.45) is 10.8 Å². The number of imidazole rings is 1. The number of carbonyl (C=O) groups is 3. The Balaban J connectivity index is 0.812. The summed E-state index contributed by atoms with van der Waals surface area (Å²) < 4.78 is 11.7. The van der Waals surface area contributed by atoms with Gasteiger partial charge in [0, 0.05) is 35.4 Å². The highest BCUT2D eigenvalue weighted by molar-refractivity contribution is 9.10. The van der Waals surface area contributed by atoms with Gasteiger partial charge >= 0.3 is 0 Å². The number of carbonyl (C=O) groups excluding carboxylic acids is 3. The third-order valence-corrected chi connectivity index (χ3v) is 17.2. The Morgan fingerprint density at radius 2 is 1.71 bits per heavy atom. The average molecular weight is 1030 g/mol. The number of halogens is 1. The van der Waals surface area contributed by atoms with Crippen LogP contribution >= 0.6 is 27.3 Å². The number of aliphatic hydroxyl groups excluding tert-OH is 1. The maximum absolute atomic E-state index is 14.4. The van der Waals surface area contributed by atoms with Gasteiger partial charge in [0.25, 0.3) is 5.56 Å². The van der Waals surface area contributed by atoms with Gasteiger partial charge in [-0.3, -0.25) is 23.6 Å². The normalized spacial score (nSPS) is 20.9. The number of amides is 3. The molecule has 14 nitrogen and oxygen atoms in total. The lowest BCUT2D eigenvalue weighted by atomic mass is 9.85. The molecule has 2 saturated carbocycles. The Morgan fingerprint density at radius 1 is 0.971 bits per heavy atom. The highest BCUT2D eigenvalue weighted by atomic mass is 79.9. The molecule has 3 amide bonds. The Kier molecular flexibility index (Phi) is 13.6. The quantitative estimate of drug-likeness (QED) is 0.0909. The number of hydrogen-bond donors (Lipinski definition) is 3. The van der Waals surface area contributed by atoms with E-state index in [-0.39, 0.29) is 42.9 Å². The van der Waals surface area contributed by atoms with E-state index in [0.717, 1.165) is 107 Å². The molecule has 4 aliphatic rings. The molecule has 3 aromatic heterocycles. The second-order valence-electron chi connectivity index (χ2n) is 21.6. The Morgan fingerprint density at radius 3 is 2.40 bits per heavy atom. The molecule has 4 atom stereocenters. The Labute approximate surface area is 421 Å². The first-order valence-corrected chi connectivity index (χ1v) is 26.8. The van der Waals surface area contributed by atoms with E-state index in [1.54, 1.807) is 11.3 Å². The number of nitrogens with one attached hydrogen (secondary N) is 2. The summed E-state index contributed by atoms with van der Waals surface area (Å²) in [5, 5.41) is 17.7. The average Bonchev–Trinajstić information content (AvgIpc) is 3.79. The maximum Gasteiger partial charge on any atom is 0.283 e. The molecular formula is C54H65BrN8O6S. The lowest BCUT2D eigenvalue weighted by Gasteiger charge is -2.36. The summed E-state index contributed by atoms with van der Waals surface area (Å²) in [6, 6.07) is 18.8. The van der Waals surface area contributed by atoms with E-state index >= 15 is 0 Å². The van der Waals surface area contributed by atoms with Crippen LogP contribution in [0.2, 0.25) is 0 Å². The molecule has 0 spiro atoms. The molecule has 0 radical (unpaired) electrons. The van der Waals surface area contributed by atoms with Gasteiger partial charge in [-0.05, 0) is 127 Å². The van der Waals surface area contributed by atoms with Gasteiger partial charge < -0.3 is 34.8 Å². The van der Waals surface area contributed by atoms with E-state index in [9.17, 15) is 24.3 Å². The van der Waals surface area contributed by atoms with Crippen molar-refractivity contribution in [1.29, 1.82) is 0 Å². The summed E-state index contributed by atoms with van der Waals surface area (Å²) in [6.45, 7) is 12.9. The maximum atomic E-state index is 14.4. The molecule has 10 rings (SSSR count). The van der Waals surface area contributed by atoms with Crippen molar-refractivity contribution in [1.82, 2.24) is 39.4 Å². The van der Waals surface area contributed by atoms with Gasteiger partial charge in [0.15, 0.2) is 0 Å². The number of fused-ring (bicyclic) bond motifs is 5. The van der Waals surface area contributed by atoms with Crippen LogP contribution in [0.3, 0.4) is 0 Å². The molecule has 370 valence electrons. The summed E-state index contributed by atoms with van der Waals surface area (Å²) in [4.78, 5) is 69.5. The molecular weight excluding hydrogens is 969 g/mol. The van der Waals surface area contributed by atoms with E-state index in [4.69, 9.17) is 9.72 Å². The number of aliphatic hydroxyl groups is 1. The number of hydrogen-bond acceptors (Lipinski definition) is 10. The highest BCUT2D eigenvalue weighted by Crippen LogP contribution is 2.46. The zero-order valence-corrected chi connectivity index (χ0v) is 43.3. The van der Waals surface area contributed by atoms with Gasteiger partial charge in [0.1, 0.15) is 12.1 Å². The van der Waals surface area contributed by atoms with Crippen molar-refractivity contribution >= 4 is 72.7 Å². The van der Waals surface area contributed by atoms with E-state index < -0.39 is 35.1 Å². The van der Waals surface area contributed by atoms with Crippen molar-refractivity contribution < 1.29 is 24.2 Å². The third-order valence-electron chi connectivity index (χ3n) is 15.6. The first-order chi connectivity index (χ1) is 33.6. The molecule has 70 heavy (non-hydrogen) atoms. The Bertz CT molecular complexity index is 3000. The number of piperidine rings is 1. The fraction of sp³-hybridized carbons (Fsp3) is 0.519. The van der Waals surface area contributed by atoms with Crippen LogP contribution in [0.5, 0.6) is 0 Å². The molecule has 5 heterocycles. The number of benzene rings is 3. The van der Waals surface area contributed by atoms with Crippen molar-refractivity contribution in [2.75, 3.05) is 39.4 Å². The van der Waals surface area contributed by atoms with E-state index in [1.807, 2.05) is 82.6 Å². The molecule has 16 heteroatoms. The molecule has 2 saturated heterocycles. The van der Waals surface area contributed by atoms with Crippen LogP contribution < -0.4 is 16.2 Å². The minimum atomic E-state index is -0.918. The van der Waals surface area contributed by atoms with Gasteiger partial charge in [0.2, 0.25) is 23.5 Å². The predicted molar refractivity (Wildman–Crippen MR) is 277 cm³/mol. The van der Waals surface area contributed by atoms with Gasteiger partial charge in [-0.25, -0.2) is 4.98 Å². The molecule has 4 fully saturated rings. The monoisotopic (exact) mass is 1030 g/mol. The molecule has 0 unspecified atom stereocenters. The number of thiazole rings is 1. The minimum absolute atomic E-state index is 0.00658. The SMILES string of the molecule is Cc1ncsc1-c1ccc([C@H](COCCN2CCC(c3ccc4c(c3)n(C3CCCC3)c3nc(=O)c5c(Br)cccc5n43)CC2)NC(=O)[C@@H]2C[C@@H](O)CN2C(=O)[C@@H](NC(=O)C2(C)CC2)C(C)(C)C)cc1. The summed E-state index contributed by atoms with van der Waals surface area (Å²) in [7, 11) is 0. The van der Waals surface area contributed by atoms with E-state index in [2.05, 4.69) is 63.6 Å². The first kappa shape index (κ1) is 48.6. The number of likely N-dealkylation sites (tertiary alicyclic amines) is 2. The summed E-state index contributed by atoms with van der Waals surface area (Å²) in [6.07, 6.45) is 7.28. The van der Waals surface area contributed by atoms with Crippen LogP contribution in [0.25, 0.3) is 38.2 Å². The largest absolute Gasteiger partial charge is 0.391 e. The number of rotatable bonds is 14. The summed E-state index contributed by atoms with van der Waals surface area (Å²) in [5.74, 6) is 0.220. The first-order valence-electron chi connectivity index (χ1n) is 25.1. The molecule has 2 aliphatic carbocycles. The van der Waals surface area contributed by atoms with Crippen LogP contribution in [0.4, 0.5) is 0 Å². The fourth-order valence-corrected chi connectivity index (χ4v) is 12.4. The second kappa shape index (κ2) is 19.5. The molecule has 3 N–H and O–H groups in total. The minimum Gasteiger partial charge on any atom is -0.391 e. The van der Waals surface area contributed by atoms with Gasteiger partial charge in [-0.2, -0.15) is 4.98 Å². The van der Waals surface area contributed by atoms with Crippen LogP contribution in [0.1, 0.15) is 120 Å². The standard InChI is InChI=1S/C54H65BrN8O6S/c1-32-46(70-31-56-32)35-15-13-34(14-16-35)40(57-48(65)44-28-38(64)29-61(44)50(67)47(53(2,3)4)58-51(68)54(5)21-22-54)30-69-26-25-60-23-19-33(20-24-60)36-17-18-41-43(27-36)62(37-9-6-7-10-37)52-59-49(66)45-39(55)11-8-12-42(45)63(41)52/h8,11-18,27,31,33,37-38,40,44,47,64H,6-7,9-10,19-26,28-30H2,1-5H3,(H,57,65)(H,58,68)/t38-,40+,44+,47-/m1/s1. The van der Waals surface area contributed by atoms with Crippen molar-refractivity contribution in [3.05, 3.63) is 97.8 Å². The van der Waals surface area contributed by atoms with E-state index in [0.29, 0.717) is 24.0 Å². The second-order valence-corrected chi connectivity index (χ2v) is 23.3. The number of ether oxygens (including phenoxy) is 1. The lowest BCUT2D eigenvalue weighted by molar-refractivity contribution is -0.145. The molecule has 0 bridgehead atoms. The summed E-state index contributed by atoms with van der Waals surface area (Å²) >= 11 is 5.20. The Hall–Kier alpha value is -5.00. The third kappa shape index (κ3) is 9.58. The predicted octanol–water partition coefficient (Wildman–Crippen LogP) is 8.46. The van der Waals surface area contributed by atoms with Crippen LogP contribution in [-0.4, -0.2) is 109 Å². The zero-order chi connectivity index (χ0) is 49.1. The smallest absolute Gasteiger partial charge is 0.283 e. The van der Waals surface area contributed by atoms with Crippen molar-refractivity contribution in [2.45, 2.75) is 129 Å². The van der Waals surface area contributed by atoms with Crippen LogP contribution in [0.15, 0.2) is 75.4 Å². The van der Waals surface area contributed by atoms with Gasteiger partial charge in [0.05, 0.1) is 63.4 Å². The number of aryl methyl sites for hydroxylation is 1. The zero-order valence-electron chi connectivity index (χ0n) is 40.9. The number of β-amino-alcohol motifs (C(OH)–C–C–N with tert-alkyl or cyclic N) is 1. The van der Waals surface area contributed by atoms with Crippen LogP contribution in [-0.2, 0) is 19.1 Å². The van der Waals surface area contributed by atoms with Crippen molar-refractivity contribution in [3.8, 4) is 10.4 Å². The number of nitrogens with zero attached hydrogens (tertiary/aromatic N) is 6. The van der Waals surface area contributed by atoms with Crippen molar-refractivity contribution in [3.63, 3.8) is 0 Å².